The number of aromatic nitrogens is 4. The van der Waals surface area contributed by atoms with Gasteiger partial charge in [-0.2, -0.15) is 5.10 Å². The first-order chi connectivity index (χ1) is 13.3. The molecule has 2 fully saturated rings. The average Bonchev–Trinajstić information content (AvgIpc) is 3.54. The third-order valence-electron chi connectivity index (χ3n) is 5.87. The number of nitrogens with one attached hydrogen (secondary N) is 1. The largest absolute Gasteiger partial charge is 0.376 e. The van der Waals surface area contributed by atoms with Crippen molar-refractivity contribution in [3.8, 4) is 0 Å². The summed E-state index contributed by atoms with van der Waals surface area (Å²) in [5.41, 5.74) is 1.98. The standard InChI is InChI=1S/C20H25N5O2/c26-19-11-14-12-27-10-8-17(14)24-25(19)16-5-3-15(4-6-16)22-18-7-9-21-20(23-18)13-1-2-13/h7,9,11,13,15-16H,1-6,8,10,12H2,(H,21,22,23). The minimum Gasteiger partial charge on any atom is -0.376 e. The lowest BCUT2D eigenvalue weighted by Gasteiger charge is -2.30. The van der Waals surface area contributed by atoms with Crippen LogP contribution in [0.25, 0.3) is 0 Å². The van der Waals surface area contributed by atoms with Crippen LogP contribution in [-0.4, -0.2) is 32.4 Å². The molecule has 2 saturated carbocycles. The number of hydrogen-bond donors (Lipinski definition) is 1. The second-order valence-electron chi connectivity index (χ2n) is 7.93. The van der Waals surface area contributed by atoms with Crippen molar-refractivity contribution in [1.82, 2.24) is 19.7 Å². The molecule has 2 aromatic rings. The molecule has 2 aromatic heterocycles. The van der Waals surface area contributed by atoms with Gasteiger partial charge in [0.25, 0.3) is 5.56 Å². The van der Waals surface area contributed by atoms with Gasteiger partial charge in [0.05, 0.1) is 24.9 Å². The number of rotatable bonds is 4. The van der Waals surface area contributed by atoms with Crippen molar-refractivity contribution in [2.45, 2.75) is 69.6 Å². The highest BCUT2D eigenvalue weighted by Gasteiger charge is 2.28. The molecule has 5 rings (SSSR count). The normalized spacial score (nSPS) is 25.0. The molecule has 3 aliphatic rings. The van der Waals surface area contributed by atoms with Gasteiger partial charge in [-0.05, 0) is 44.6 Å². The molecule has 27 heavy (non-hydrogen) atoms. The Morgan fingerprint density at radius 3 is 2.81 bits per heavy atom. The highest BCUT2D eigenvalue weighted by molar-refractivity contribution is 5.35. The number of fused-ring (bicyclic) bond motifs is 1. The van der Waals surface area contributed by atoms with Gasteiger partial charge in [-0.15, -0.1) is 0 Å². The van der Waals surface area contributed by atoms with Gasteiger partial charge in [-0.25, -0.2) is 14.6 Å². The summed E-state index contributed by atoms with van der Waals surface area (Å²) in [4.78, 5) is 21.5. The number of hydrogen-bond acceptors (Lipinski definition) is 6. The molecule has 7 heteroatoms. The molecule has 0 radical (unpaired) electrons. The Morgan fingerprint density at radius 1 is 1.15 bits per heavy atom. The fourth-order valence-electron chi connectivity index (χ4n) is 4.16. The Hall–Kier alpha value is -2.28. The molecular weight excluding hydrogens is 342 g/mol. The van der Waals surface area contributed by atoms with Gasteiger partial charge in [-0.3, -0.25) is 4.79 Å². The van der Waals surface area contributed by atoms with Gasteiger partial charge in [0.1, 0.15) is 11.6 Å². The second kappa shape index (κ2) is 7.03. The van der Waals surface area contributed by atoms with Gasteiger partial charge in [0, 0.05) is 36.2 Å². The maximum Gasteiger partial charge on any atom is 0.267 e. The first-order valence-corrected chi connectivity index (χ1v) is 10.0. The minimum atomic E-state index is 0.000495. The van der Waals surface area contributed by atoms with E-state index < -0.39 is 0 Å². The molecule has 2 aliphatic carbocycles. The number of nitrogens with zero attached hydrogens (tertiary/aromatic N) is 4. The van der Waals surface area contributed by atoms with Crippen molar-refractivity contribution in [3.63, 3.8) is 0 Å². The van der Waals surface area contributed by atoms with E-state index in [1.807, 2.05) is 12.3 Å². The molecule has 0 saturated heterocycles. The summed E-state index contributed by atoms with van der Waals surface area (Å²) < 4.78 is 7.15. The summed E-state index contributed by atoms with van der Waals surface area (Å²) in [5, 5.41) is 8.23. The first-order valence-electron chi connectivity index (χ1n) is 10.0. The fourth-order valence-corrected chi connectivity index (χ4v) is 4.16. The maximum atomic E-state index is 12.5. The average molecular weight is 367 g/mol. The van der Waals surface area contributed by atoms with Gasteiger partial charge in [0.2, 0.25) is 0 Å². The molecule has 3 heterocycles. The summed E-state index contributed by atoms with van der Waals surface area (Å²) in [6.45, 7) is 1.20. The van der Waals surface area contributed by atoms with Crippen LogP contribution in [0.5, 0.6) is 0 Å². The molecular formula is C20H25N5O2. The van der Waals surface area contributed by atoms with E-state index in [0.29, 0.717) is 25.2 Å². The molecule has 0 bridgehead atoms. The molecule has 1 aliphatic heterocycles. The van der Waals surface area contributed by atoms with Crippen molar-refractivity contribution in [1.29, 1.82) is 0 Å². The van der Waals surface area contributed by atoms with E-state index >= 15 is 0 Å². The SMILES string of the molecule is O=c1cc2c(nn1C1CCC(Nc3ccnc(C4CC4)n3)CC1)CCOC2. The van der Waals surface area contributed by atoms with Crippen LogP contribution >= 0.6 is 0 Å². The van der Waals surface area contributed by atoms with E-state index in [4.69, 9.17) is 4.74 Å². The summed E-state index contributed by atoms with van der Waals surface area (Å²) in [6, 6.07) is 4.25. The van der Waals surface area contributed by atoms with Crippen LogP contribution in [0, 0.1) is 0 Å². The smallest absolute Gasteiger partial charge is 0.267 e. The molecule has 1 N–H and O–H groups in total. The Balaban J connectivity index is 1.24. The molecule has 0 spiro atoms. The predicted molar refractivity (Wildman–Crippen MR) is 101 cm³/mol. The van der Waals surface area contributed by atoms with Crippen LogP contribution in [0.2, 0.25) is 0 Å². The third-order valence-corrected chi connectivity index (χ3v) is 5.87. The van der Waals surface area contributed by atoms with E-state index in [0.717, 1.165) is 55.0 Å². The van der Waals surface area contributed by atoms with Gasteiger partial charge in [0.15, 0.2) is 0 Å². The summed E-state index contributed by atoms with van der Waals surface area (Å²) in [5.74, 6) is 2.47. The van der Waals surface area contributed by atoms with Crippen molar-refractivity contribution >= 4 is 5.82 Å². The van der Waals surface area contributed by atoms with E-state index in [-0.39, 0.29) is 11.6 Å². The van der Waals surface area contributed by atoms with Crippen molar-refractivity contribution < 1.29 is 4.74 Å². The highest BCUT2D eigenvalue weighted by Crippen LogP contribution is 2.38. The van der Waals surface area contributed by atoms with Crippen LogP contribution in [0.15, 0.2) is 23.1 Å². The lowest BCUT2D eigenvalue weighted by molar-refractivity contribution is 0.107. The summed E-state index contributed by atoms with van der Waals surface area (Å²) in [6.07, 6.45) is 9.02. The molecule has 7 nitrogen and oxygen atoms in total. The van der Waals surface area contributed by atoms with Crippen molar-refractivity contribution in [2.75, 3.05) is 11.9 Å². The van der Waals surface area contributed by atoms with Crippen molar-refractivity contribution in [2.24, 2.45) is 0 Å². The van der Waals surface area contributed by atoms with Crippen LogP contribution in [0.3, 0.4) is 0 Å². The zero-order valence-electron chi connectivity index (χ0n) is 15.4. The highest BCUT2D eigenvalue weighted by atomic mass is 16.5. The van der Waals surface area contributed by atoms with Crippen LogP contribution in [0.1, 0.15) is 67.6 Å². The lowest BCUT2D eigenvalue weighted by Crippen LogP contribution is -2.35. The molecule has 0 unspecified atom stereocenters. The zero-order chi connectivity index (χ0) is 18.2. The predicted octanol–water partition coefficient (Wildman–Crippen LogP) is 2.58. The van der Waals surface area contributed by atoms with Crippen LogP contribution in [0.4, 0.5) is 5.82 Å². The number of ether oxygens (including phenoxy) is 1. The quantitative estimate of drug-likeness (QED) is 0.894. The number of anilines is 1. The minimum absolute atomic E-state index is 0.000495. The van der Waals surface area contributed by atoms with E-state index in [2.05, 4.69) is 20.4 Å². The first kappa shape index (κ1) is 16.9. The summed E-state index contributed by atoms with van der Waals surface area (Å²) >= 11 is 0. The third kappa shape index (κ3) is 3.60. The Kier molecular flexibility index (Phi) is 4.39. The second-order valence-corrected chi connectivity index (χ2v) is 7.93. The van der Waals surface area contributed by atoms with Gasteiger partial charge >= 0.3 is 0 Å². The molecule has 0 amide bonds. The van der Waals surface area contributed by atoms with E-state index in [1.54, 1.807) is 10.7 Å². The molecule has 0 aromatic carbocycles. The Morgan fingerprint density at radius 2 is 2.00 bits per heavy atom. The van der Waals surface area contributed by atoms with Gasteiger partial charge in [-0.1, -0.05) is 0 Å². The van der Waals surface area contributed by atoms with Gasteiger partial charge < -0.3 is 10.1 Å². The van der Waals surface area contributed by atoms with Crippen LogP contribution in [-0.2, 0) is 17.8 Å². The van der Waals surface area contributed by atoms with Crippen molar-refractivity contribution in [3.05, 3.63) is 45.8 Å². The topological polar surface area (TPSA) is 81.9 Å². The lowest BCUT2D eigenvalue weighted by atomic mass is 9.91. The van der Waals surface area contributed by atoms with Crippen LogP contribution < -0.4 is 10.9 Å². The summed E-state index contributed by atoms with van der Waals surface area (Å²) in [7, 11) is 0. The molecule has 0 atom stereocenters. The Labute approximate surface area is 158 Å². The molecule has 142 valence electrons. The Bertz CT molecular complexity index is 884. The zero-order valence-corrected chi connectivity index (χ0v) is 15.4. The monoisotopic (exact) mass is 367 g/mol. The van der Waals surface area contributed by atoms with E-state index in [1.165, 1.54) is 12.8 Å². The fraction of sp³-hybridized carbons (Fsp3) is 0.600. The van der Waals surface area contributed by atoms with E-state index in [9.17, 15) is 4.79 Å². The maximum absolute atomic E-state index is 12.5.